The number of nitrogens with one attached hydrogen (secondary N) is 1. The molecule has 4 heteroatoms. The third kappa shape index (κ3) is 3.01. The highest BCUT2D eigenvalue weighted by atomic mass is 35.5. The predicted octanol–water partition coefficient (Wildman–Crippen LogP) is 5.79. The molecule has 1 heterocycles. The Balaban J connectivity index is 2.12. The fourth-order valence-corrected chi connectivity index (χ4v) is 3.56. The molecule has 0 aromatic heterocycles. The van der Waals surface area contributed by atoms with Crippen molar-refractivity contribution in [1.82, 2.24) is 0 Å². The van der Waals surface area contributed by atoms with Gasteiger partial charge in [-0.25, -0.2) is 0 Å². The standard InChI is InChI=1S/C19H20ClNOS/c1-3-19(4-2)16-11-14(13-6-5-7-15(20)10-13)8-9-17(16)21-18(12-23)22-19/h5-12,18,21H,3-4H2,1-2H3. The lowest BCUT2D eigenvalue weighted by atomic mass is 9.84. The zero-order chi connectivity index (χ0) is 16.4. The molecule has 1 N–H and O–H groups in total. The molecule has 0 spiro atoms. The van der Waals surface area contributed by atoms with E-state index in [1.165, 1.54) is 5.56 Å². The molecule has 0 saturated heterocycles. The van der Waals surface area contributed by atoms with E-state index in [1.54, 1.807) is 5.37 Å². The molecular weight excluding hydrogens is 326 g/mol. The molecule has 0 aliphatic carbocycles. The summed E-state index contributed by atoms with van der Waals surface area (Å²) in [5.74, 6) is 0. The third-order valence-corrected chi connectivity index (χ3v) is 5.07. The lowest BCUT2D eigenvalue weighted by Crippen LogP contribution is -2.42. The topological polar surface area (TPSA) is 21.3 Å². The minimum Gasteiger partial charge on any atom is -0.356 e. The molecule has 2 aromatic carbocycles. The molecule has 2 nitrogen and oxygen atoms in total. The highest BCUT2D eigenvalue weighted by Crippen LogP contribution is 2.43. The number of benzene rings is 2. The van der Waals surface area contributed by atoms with E-state index in [0.29, 0.717) is 0 Å². The summed E-state index contributed by atoms with van der Waals surface area (Å²) < 4.78 is 6.27. The maximum Gasteiger partial charge on any atom is 0.158 e. The molecule has 3 rings (SSSR count). The normalized spacial score (nSPS) is 18.8. The summed E-state index contributed by atoms with van der Waals surface area (Å²) in [6.07, 6.45) is 1.57. The van der Waals surface area contributed by atoms with E-state index in [9.17, 15) is 0 Å². The van der Waals surface area contributed by atoms with E-state index in [2.05, 4.69) is 43.4 Å². The molecule has 1 aliphatic rings. The number of ether oxygens (including phenoxy) is 1. The van der Waals surface area contributed by atoms with Crippen molar-refractivity contribution < 1.29 is 4.74 Å². The summed E-state index contributed by atoms with van der Waals surface area (Å²) in [5, 5.41) is 5.74. The van der Waals surface area contributed by atoms with Crippen LogP contribution in [0.4, 0.5) is 5.69 Å². The minimum absolute atomic E-state index is 0.227. The molecule has 2 aromatic rings. The van der Waals surface area contributed by atoms with Crippen LogP contribution in [0.15, 0.2) is 42.5 Å². The Morgan fingerprint density at radius 1 is 1.17 bits per heavy atom. The summed E-state index contributed by atoms with van der Waals surface area (Å²) in [6, 6.07) is 14.4. The highest BCUT2D eigenvalue weighted by Gasteiger charge is 2.38. The van der Waals surface area contributed by atoms with Crippen molar-refractivity contribution in [3.63, 3.8) is 0 Å². The second-order valence-electron chi connectivity index (χ2n) is 5.79. The van der Waals surface area contributed by atoms with E-state index in [0.717, 1.165) is 34.7 Å². The zero-order valence-electron chi connectivity index (χ0n) is 13.3. The number of hydrogen-bond donors (Lipinski definition) is 1. The van der Waals surface area contributed by atoms with E-state index < -0.39 is 0 Å². The second-order valence-corrected chi connectivity index (χ2v) is 6.50. The molecule has 0 bridgehead atoms. The van der Waals surface area contributed by atoms with Crippen LogP contribution in [0.3, 0.4) is 0 Å². The molecule has 1 aliphatic heterocycles. The van der Waals surface area contributed by atoms with Crippen molar-refractivity contribution in [3.8, 4) is 11.1 Å². The van der Waals surface area contributed by atoms with Crippen molar-refractivity contribution in [1.29, 1.82) is 0 Å². The number of halogens is 1. The molecular formula is C19H20ClNOS. The van der Waals surface area contributed by atoms with Gasteiger partial charge < -0.3 is 10.1 Å². The molecule has 0 amide bonds. The van der Waals surface area contributed by atoms with Gasteiger partial charge in [-0.2, -0.15) is 0 Å². The number of hydrogen-bond acceptors (Lipinski definition) is 3. The molecule has 0 saturated carbocycles. The average molecular weight is 346 g/mol. The van der Waals surface area contributed by atoms with Gasteiger partial charge in [0.25, 0.3) is 0 Å². The molecule has 0 radical (unpaired) electrons. The van der Waals surface area contributed by atoms with E-state index >= 15 is 0 Å². The largest absolute Gasteiger partial charge is 0.356 e. The van der Waals surface area contributed by atoms with Crippen molar-refractivity contribution in [2.24, 2.45) is 0 Å². The maximum atomic E-state index is 6.27. The first-order chi connectivity index (χ1) is 11.1. The van der Waals surface area contributed by atoms with Crippen LogP contribution < -0.4 is 5.32 Å². The van der Waals surface area contributed by atoms with Gasteiger partial charge in [-0.05, 0) is 48.2 Å². The quantitative estimate of drug-likeness (QED) is 0.708. The number of thiocarbonyl (C=S) groups is 1. The third-order valence-electron chi connectivity index (χ3n) is 4.58. The molecule has 23 heavy (non-hydrogen) atoms. The Morgan fingerprint density at radius 3 is 2.57 bits per heavy atom. The smallest absolute Gasteiger partial charge is 0.158 e. The monoisotopic (exact) mass is 345 g/mol. The van der Waals surface area contributed by atoms with Gasteiger partial charge in [0.15, 0.2) is 6.23 Å². The number of fused-ring (bicyclic) bond motifs is 1. The van der Waals surface area contributed by atoms with Crippen molar-refractivity contribution >= 4 is 34.9 Å². The first kappa shape index (κ1) is 16.4. The van der Waals surface area contributed by atoms with Crippen molar-refractivity contribution in [3.05, 3.63) is 53.1 Å². The Morgan fingerprint density at radius 2 is 1.91 bits per heavy atom. The number of rotatable bonds is 4. The van der Waals surface area contributed by atoms with Gasteiger partial charge in [-0.15, -0.1) is 0 Å². The van der Waals surface area contributed by atoms with E-state index in [-0.39, 0.29) is 11.8 Å². The summed E-state index contributed by atoms with van der Waals surface area (Å²) in [6.45, 7) is 4.32. The van der Waals surface area contributed by atoms with Gasteiger partial charge in [0, 0.05) is 21.6 Å². The van der Waals surface area contributed by atoms with E-state index in [4.69, 9.17) is 28.6 Å². The van der Waals surface area contributed by atoms with Crippen LogP contribution in [0.25, 0.3) is 11.1 Å². The van der Waals surface area contributed by atoms with Gasteiger partial charge in [-0.1, -0.05) is 55.9 Å². The summed E-state index contributed by atoms with van der Waals surface area (Å²) in [4.78, 5) is 0. The van der Waals surface area contributed by atoms with Crippen LogP contribution in [0.5, 0.6) is 0 Å². The lowest BCUT2D eigenvalue weighted by molar-refractivity contribution is -0.0743. The molecule has 0 fully saturated rings. The highest BCUT2D eigenvalue weighted by molar-refractivity contribution is 7.79. The second kappa shape index (κ2) is 6.60. The van der Waals surface area contributed by atoms with Gasteiger partial charge >= 0.3 is 0 Å². The van der Waals surface area contributed by atoms with E-state index in [1.807, 2.05) is 18.2 Å². The Kier molecular flexibility index (Phi) is 4.72. The maximum absolute atomic E-state index is 6.27. The fraction of sp³-hybridized carbons (Fsp3) is 0.316. The summed E-state index contributed by atoms with van der Waals surface area (Å²) in [7, 11) is 0. The first-order valence-corrected chi connectivity index (χ1v) is 8.77. The summed E-state index contributed by atoms with van der Waals surface area (Å²) in [5.41, 5.74) is 4.22. The van der Waals surface area contributed by atoms with Crippen LogP contribution in [0.1, 0.15) is 32.3 Å². The average Bonchev–Trinajstić information content (AvgIpc) is 2.60. The SMILES string of the molecule is CCC1(CC)OC(C=S)Nc2ccc(-c3cccc(Cl)c3)cc21. The zero-order valence-corrected chi connectivity index (χ0v) is 14.9. The minimum atomic E-state index is -0.310. The predicted molar refractivity (Wildman–Crippen MR) is 101 cm³/mol. The van der Waals surface area contributed by atoms with Crippen LogP contribution in [0.2, 0.25) is 5.02 Å². The lowest BCUT2D eigenvalue weighted by Gasteiger charge is -2.42. The van der Waals surface area contributed by atoms with Crippen LogP contribution in [-0.4, -0.2) is 11.6 Å². The van der Waals surface area contributed by atoms with Gasteiger partial charge in [-0.3, -0.25) is 0 Å². The number of anilines is 1. The molecule has 1 unspecified atom stereocenters. The van der Waals surface area contributed by atoms with Crippen molar-refractivity contribution in [2.75, 3.05) is 5.32 Å². The molecule has 120 valence electrons. The van der Waals surface area contributed by atoms with Crippen LogP contribution in [0, 0.1) is 0 Å². The van der Waals surface area contributed by atoms with Gasteiger partial charge in [0.05, 0.1) is 5.60 Å². The van der Waals surface area contributed by atoms with Crippen molar-refractivity contribution in [2.45, 2.75) is 38.5 Å². The Bertz CT molecular complexity index is 727. The fourth-order valence-electron chi connectivity index (χ4n) is 3.24. The van der Waals surface area contributed by atoms with Gasteiger partial charge in [0.2, 0.25) is 0 Å². The van der Waals surface area contributed by atoms with Crippen LogP contribution in [-0.2, 0) is 10.3 Å². The van der Waals surface area contributed by atoms with Gasteiger partial charge in [0.1, 0.15) is 0 Å². The molecule has 1 atom stereocenters. The Labute approximate surface area is 147 Å². The van der Waals surface area contributed by atoms with Crippen LogP contribution >= 0.6 is 23.8 Å². The summed E-state index contributed by atoms with van der Waals surface area (Å²) >= 11 is 11.2. The Hall–Kier alpha value is -1.42. The first-order valence-electron chi connectivity index (χ1n) is 7.92.